The Balaban J connectivity index is 1.48. The fourth-order valence-corrected chi connectivity index (χ4v) is 4.75. The van der Waals surface area contributed by atoms with E-state index in [1.54, 1.807) is 13.1 Å². The number of pyridine rings is 1. The lowest BCUT2D eigenvalue weighted by atomic mass is 9.50. The number of carbonyl (C=O) groups is 1. The highest BCUT2D eigenvalue weighted by Crippen LogP contribution is 2.58. The summed E-state index contributed by atoms with van der Waals surface area (Å²) in [6.07, 6.45) is 9.42. The number of amides is 1. The van der Waals surface area contributed by atoms with Gasteiger partial charge in [0.2, 0.25) is 5.91 Å². The summed E-state index contributed by atoms with van der Waals surface area (Å²) in [5, 5.41) is 3.69. The van der Waals surface area contributed by atoms with Gasteiger partial charge in [0, 0.05) is 55.5 Å². The fourth-order valence-electron chi connectivity index (χ4n) is 4.75. The SMILES string of the molecule is CC(=O)N1CCCC(c2nc(NC34CC(C3)C4)cc(-c3cccnc3)n2)C1. The maximum Gasteiger partial charge on any atom is 0.219 e. The number of rotatable bonds is 4. The molecule has 1 N–H and O–H groups in total. The van der Waals surface area contributed by atoms with Gasteiger partial charge < -0.3 is 10.2 Å². The molecule has 1 saturated heterocycles. The van der Waals surface area contributed by atoms with Gasteiger partial charge in [-0.1, -0.05) is 0 Å². The molecule has 1 atom stereocenters. The molecular formula is C21H25N5O. The average molecular weight is 363 g/mol. The Bertz CT molecular complexity index is 851. The summed E-state index contributed by atoms with van der Waals surface area (Å²) in [6.45, 7) is 3.19. The largest absolute Gasteiger partial charge is 0.364 e. The van der Waals surface area contributed by atoms with Gasteiger partial charge in [-0.15, -0.1) is 0 Å². The Morgan fingerprint density at radius 1 is 1.30 bits per heavy atom. The summed E-state index contributed by atoms with van der Waals surface area (Å²) >= 11 is 0. The van der Waals surface area contributed by atoms with Gasteiger partial charge in [0.1, 0.15) is 11.6 Å². The third-order valence-electron chi connectivity index (χ3n) is 6.36. The van der Waals surface area contributed by atoms with Crippen molar-refractivity contribution in [2.24, 2.45) is 5.92 Å². The van der Waals surface area contributed by atoms with Gasteiger partial charge in [0.05, 0.1) is 5.69 Å². The van der Waals surface area contributed by atoms with E-state index in [0.717, 1.165) is 48.2 Å². The molecule has 2 aromatic rings. The van der Waals surface area contributed by atoms with E-state index in [1.165, 1.54) is 19.3 Å². The van der Waals surface area contributed by atoms with Crippen LogP contribution in [0.2, 0.25) is 0 Å². The van der Waals surface area contributed by atoms with E-state index in [0.29, 0.717) is 6.54 Å². The van der Waals surface area contributed by atoms with E-state index in [9.17, 15) is 4.79 Å². The Hall–Kier alpha value is -2.50. The highest BCUT2D eigenvalue weighted by atomic mass is 16.2. The summed E-state index contributed by atoms with van der Waals surface area (Å²) in [5.41, 5.74) is 2.17. The van der Waals surface area contributed by atoms with Crippen LogP contribution in [0.4, 0.5) is 5.82 Å². The molecule has 2 bridgehead atoms. The Kier molecular flexibility index (Phi) is 3.88. The van der Waals surface area contributed by atoms with Crippen LogP contribution in [0, 0.1) is 5.92 Å². The van der Waals surface area contributed by atoms with Crippen LogP contribution in [0.3, 0.4) is 0 Å². The van der Waals surface area contributed by atoms with Gasteiger partial charge in [-0.3, -0.25) is 9.78 Å². The van der Waals surface area contributed by atoms with Crippen molar-refractivity contribution in [2.45, 2.75) is 50.5 Å². The lowest BCUT2D eigenvalue weighted by Crippen LogP contribution is -2.63. The average Bonchev–Trinajstić information content (AvgIpc) is 2.64. The van der Waals surface area contributed by atoms with E-state index in [1.807, 2.05) is 29.3 Å². The lowest BCUT2D eigenvalue weighted by molar-refractivity contribution is -0.130. The van der Waals surface area contributed by atoms with E-state index in [-0.39, 0.29) is 17.4 Å². The first-order valence-corrected chi connectivity index (χ1v) is 9.93. The zero-order valence-electron chi connectivity index (χ0n) is 15.7. The van der Waals surface area contributed by atoms with Crippen molar-refractivity contribution in [3.05, 3.63) is 36.4 Å². The molecule has 27 heavy (non-hydrogen) atoms. The highest BCUT2D eigenvalue weighted by Gasteiger charge is 2.56. The van der Waals surface area contributed by atoms with Crippen molar-refractivity contribution in [2.75, 3.05) is 18.4 Å². The van der Waals surface area contributed by atoms with Gasteiger partial charge >= 0.3 is 0 Å². The van der Waals surface area contributed by atoms with Crippen LogP contribution in [-0.2, 0) is 4.79 Å². The van der Waals surface area contributed by atoms with Gasteiger partial charge in [-0.25, -0.2) is 9.97 Å². The number of hydrogen-bond donors (Lipinski definition) is 1. The van der Waals surface area contributed by atoms with Gasteiger partial charge in [0.15, 0.2) is 0 Å². The molecule has 1 amide bonds. The van der Waals surface area contributed by atoms with Crippen molar-refractivity contribution in [3.63, 3.8) is 0 Å². The summed E-state index contributed by atoms with van der Waals surface area (Å²) in [6, 6.07) is 6.02. The molecule has 1 unspecified atom stereocenters. The van der Waals surface area contributed by atoms with E-state index >= 15 is 0 Å². The quantitative estimate of drug-likeness (QED) is 0.903. The summed E-state index contributed by atoms with van der Waals surface area (Å²) in [4.78, 5) is 27.8. The topological polar surface area (TPSA) is 71.0 Å². The Morgan fingerprint density at radius 2 is 2.15 bits per heavy atom. The third kappa shape index (κ3) is 3.07. The van der Waals surface area contributed by atoms with Crippen molar-refractivity contribution in [1.29, 1.82) is 0 Å². The Morgan fingerprint density at radius 3 is 2.81 bits per heavy atom. The first-order chi connectivity index (χ1) is 13.1. The molecule has 0 radical (unpaired) electrons. The number of hydrogen-bond acceptors (Lipinski definition) is 5. The molecule has 0 aromatic carbocycles. The summed E-state index contributed by atoms with van der Waals surface area (Å²) < 4.78 is 0. The van der Waals surface area contributed by atoms with Crippen LogP contribution in [0.5, 0.6) is 0 Å². The maximum absolute atomic E-state index is 11.8. The van der Waals surface area contributed by atoms with Crippen molar-refractivity contribution in [1.82, 2.24) is 19.9 Å². The van der Waals surface area contributed by atoms with Crippen molar-refractivity contribution < 1.29 is 4.79 Å². The molecule has 3 saturated carbocycles. The number of nitrogens with zero attached hydrogens (tertiary/aromatic N) is 4. The predicted octanol–water partition coefficient (Wildman–Crippen LogP) is 3.23. The zero-order chi connectivity index (χ0) is 18.4. The number of anilines is 1. The van der Waals surface area contributed by atoms with E-state index in [4.69, 9.17) is 9.97 Å². The van der Waals surface area contributed by atoms with Crippen LogP contribution >= 0.6 is 0 Å². The second-order valence-electron chi connectivity index (χ2n) is 8.43. The molecule has 0 spiro atoms. The van der Waals surface area contributed by atoms with Crippen molar-refractivity contribution in [3.8, 4) is 11.3 Å². The highest BCUT2D eigenvalue weighted by molar-refractivity contribution is 5.73. The molecule has 4 fully saturated rings. The monoisotopic (exact) mass is 363 g/mol. The van der Waals surface area contributed by atoms with Gasteiger partial charge in [-0.05, 0) is 50.2 Å². The summed E-state index contributed by atoms with van der Waals surface area (Å²) in [7, 11) is 0. The molecule has 6 nitrogen and oxygen atoms in total. The van der Waals surface area contributed by atoms with Crippen LogP contribution in [0.15, 0.2) is 30.6 Å². The van der Waals surface area contributed by atoms with Gasteiger partial charge in [0.25, 0.3) is 0 Å². The molecule has 140 valence electrons. The minimum absolute atomic E-state index is 0.135. The fraction of sp³-hybridized carbons (Fsp3) is 0.524. The molecule has 4 aliphatic rings. The predicted molar refractivity (Wildman–Crippen MR) is 103 cm³/mol. The van der Waals surface area contributed by atoms with Gasteiger partial charge in [-0.2, -0.15) is 0 Å². The number of nitrogens with one attached hydrogen (secondary N) is 1. The molecule has 3 heterocycles. The second-order valence-corrected chi connectivity index (χ2v) is 8.43. The van der Waals surface area contributed by atoms with Crippen LogP contribution < -0.4 is 5.32 Å². The molecule has 3 aliphatic carbocycles. The minimum atomic E-state index is 0.135. The zero-order valence-corrected chi connectivity index (χ0v) is 15.7. The first kappa shape index (κ1) is 16.7. The van der Waals surface area contributed by atoms with Crippen LogP contribution in [-0.4, -0.2) is 44.4 Å². The van der Waals surface area contributed by atoms with E-state index in [2.05, 4.69) is 10.3 Å². The maximum atomic E-state index is 11.8. The lowest BCUT2D eigenvalue weighted by Gasteiger charge is -2.62. The number of likely N-dealkylation sites (tertiary alicyclic amines) is 1. The molecule has 2 aromatic heterocycles. The van der Waals surface area contributed by atoms with Crippen LogP contribution in [0.25, 0.3) is 11.3 Å². The molecule has 6 heteroatoms. The van der Waals surface area contributed by atoms with Crippen molar-refractivity contribution >= 4 is 11.7 Å². The second kappa shape index (κ2) is 6.29. The first-order valence-electron chi connectivity index (χ1n) is 9.93. The molecule has 1 aliphatic heterocycles. The smallest absolute Gasteiger partial charge is 0.219 e. The van der Waals surface area contributed by atoms with Crippen LogP contribution in [0.1, 0.15) is 50.8 Å². The normalized spacial score (nSPS) is 28.9. The number of aromatic nitrogens is 3. The Labute approximate surface area is 159 Å². The number of carbonyl (C=O) groups excluding carboxylic acids is 1. The van der Waals surface area contributed by atoms with E-state index < -0.39 is 0 Å². The molecule has 6 rings (SSSR count). The number of piperidine rings is 1. The molecular weight excluding hydrogens is 338 g/mol. The summed E-state index contributed by atoms with van der Waals surface area (Å²) in [5.74, 6) is 3.00. The minimum Gasteiger partial charge on any atom is -0.364 e. The standard InChI is InChI=1S/C21H25N5O/c1-14(27)26-7-3-5-17(13-26)20-23-18(16-4-2-6-22-12-16)8-19(24-20)25-21-9-15(10-21)11-21/h2,4,6,8,12,15,17H,3,5,7,9-11,13H2,1H3,(H,23,24,25). The third-order valence-corrected chi connectivity index (χ3v) is 6.36.